The highest BCUT2D eigenvalue weighted by molar-refractivity contribution is 5.02. The smallest absolute Gasteiger partial charge is 0.229 e. The molecule has 1 saturated carbocycles. The van der Waals surface area contributed by atoms with Crippen LogP contribution in [-0.4, -0.2) is 37.9 Å². The molecule has 0 amide bonds. The Morgan fingerprint density at radius 2 is 2.24 bits per heavy atom. The molecule has 112 valence electrons. The van der Waals surface area contributed by atoms with Gasteiger partial charge in [-0.05, 0) is 31.7 Å². The molecule has 1 aliphatic carbocycles. The number of rotatable bonds is 4. The number of hydrogen-bond donors (Lipinski definition) is 0. The Kier molecular flexibility index (Phi) is 3.25. The Bertz CT molecular complexity index is 615. The minimum Gasteiger partial charge on any atom is -0.339 e. The minimum atomic E-state index is 0.469. The van der Waals surface area contributed by atoms with Crippen molar-refractivity contribution in [1.29, 1.82) is 0 Å². The lowest BCUT2D eigenvalue weighted by atomic mass is 9.85. The lowest BCUT2D eigenvalue weighted by Crippen LogP contribution is -2.22. The van der Waals surface area contributed by atoms with E-state index in [1.165, 1.54) is 24.8 Å². The van der Waals surface area contributed by atoms with E-state index in [0.29, 0.717) is 12.0 Å². The van der Waals surface area contributed by atoms with E-state index in [1.54, 1.807) is 0 Å². The Morgan fingerprint density at radius 3 is 2.95 bits per heavy atom. The lowest BCUT2D eigenvalue weighted by Gasteiger charge is -2.20. The van der Waals surface area contributed by atoms with Gasteiger partial charge in [0.1, 0.15) is 0 Å². The fraction of sp³-hybridized carbons (Fsp3) is 0.667. The molecule has 6 heteroatoms. The zero-order valence-electron chi connectivity index (χ0n) is 12.4. The largest absolute Gasteiger partial charge is 0.339 e. The molecule has 2 fully saturated rings. The highest BCUT2D eigenvalue weighted by Gasteiger charge is 2.28. The van der Waals surface area contributed by atoms with Gasteiger partial charge in [0.05, 0.1) is 18.8 Å². The summed E-state index contributed by atoms with van der Waals surface area (Å²) in [5.41, 5.74) is 1.22. The van der Waals surface area contributed by atoms with Gasteiger partial charge in [0.25, 0.3) is 0 Å². The summed E-state index contributed by atoms with van der Waals surface area (Å²) in [6, 6.07) is 0.469. The molecular formula is C15H21N5O. The first-order valence-electron chi connectivity index (χ1n) is 7.83. The van der Waals surface area contributed by atoms with E-state index in [4.69, 9.17) is 4.52 Å². The summed E-state index contributed by atoms with van der Waals surface area (Å²) < 4.78 is 7.48. The third-order valence-corrected chi connectivity index (χ3v) is 4.66. The Hall–Kier alpha value is -1.69. The Balaban J connectivity index is 1.36. The van der Waals surface area contributed by atoms with Crippen LogP contribution in [0.1, 0.15) is 54.9 Å². The van der Waals surface area contributed by atoms with Gasteiger partial charge in [0, 0.05) is 25.2 Å². The van der Waals surface area contributed by atoms with Crippen molar-refractivity contribution in [3.8, 4) is 0 Å². The fourth-order valence-electron chi connectivity index (χ4n) is 3.16. The van der Waals surface area contributed by atoms with Crippen LogP contribution in [-0.2, 0) is 6.54 Å². The van der Waals surface area contributed by atoms with E-state index < -0.39 is 0 Å². The van der Waals surface area contributed by atoms with Crippen molar-refractivity contribution in [2.24, 2.45) is 0 Å². The highest BCUT2D eigenvalue weighted by Crippen LogP contribution is 2.35. The summed E-state index contributed by atoms with van der Waals surface area (Å²) in [5.74, 6) is 2.19. The average molecular weight is 287 g/mol. The molecule has 2 aromatic rings. The van der Waals surface area contributed by atoms with Crippen LogP contribution < -0.4 is 0 Å². The molecule has 2 aromatic heterocycles. The van der Waals surface area contributed by atoms with E-state index in [1.807, 2.05) is 6.20 Å². The Labute approximate surface area is 124 Å². The zero-order valence-corrected chi connectivity index (χ0v) is 12.4. The molecule has 0 N–H and O–H groups in total. The maximum absolute atomic E-state index is 5.39. The summed E-state index contributed by atoms with van der Waals surface area (Å²) in [6.45, 7) is 4.94. The van der Waals surface area contributed by atoms with Gasteiger partial charge in [-0.1, -0.05) is 11.6 Å². The molecular weight excluding hydrogens is 266 g/mol. The van der Waals surface area contributed by atoms with Gasteiger partial charge in [-0.15, -0.1) is 0 Å². The molecule has 6 nitrogen and oxygen atoms in total. The van der Waals surface area contributed by atoms with Crippen LogP contribution >= 0.6 is 0 Å². The van der Waals surface area contributed by atoms with E-state index >= 15 is 0 Å². The molecule has 0 bridgehead atoms. The Morgan fingerprint density at radius 1 is 1.33 bits per heavy atom. The second-order valence-corrected chi connectivity index (χ2v) is 6.35. The van der Waals surface area contributed by atoms with Crippen molar-refractivity contribution < 1.29 is 4.52 Å². The topological polar surface area (TPSA) is 60.0 Å². The van der Waals surface area contributed by atoms with Crippen molar-refractivity contribution in [3.63, 3.8) is 0 Å². The fourth-order valence-corrected chi connectivity index (χ4v) is 3.16. The molecule has 1 unspecified atom stereocenters. The van der Waals surface area contributed by atoms with Crippen molar-refractivity contribution in [3.05, 3.63) is 29.7 Å². The molecule has 0 aromatic carbocycles. The van der Waals surface area contributed by atoms with Crippen LogP contribution in [0, 0.1) is 6.92 Å². The maximum atomic E-state index is 5.39. The molecule has 3 heterocycles. The summed E-state index contributed by atoms with van der Waals surface area (Å²) in [4.78, 5) is 6.94. The molecule has 1 atom stereocenters. The van der Waals surface area contributed by atoms with Crippen LogP contribution in [0.3, 0.4) is 0 Å². The van der Waals surface area contributed by atoms with Crippen LogP contribution in [0.25, 0.3) is 0 Å². The first-order valence-corrected chi connectivity index (χ1v) is 7.83. The van der Waals surface area contributed by atoms with Crippen LogP contribution in [0.5, 0.6) is 0 Å². The molecule has 0 spiro atoms. The predicted octanol–water partition coefficient (Wildman–Crippen LogP) is 2.29. The van der Waals surface area contributed by atoms with Gasteiger partial charge >= 0.3 is 0 Å². The van der Waals surface area contributed by atoms with E-state index in [9.17, 15) is 0 Å². The third kappa shape index (κ3) is 2.60. The first-order chi connectivity index (χ1) is 10.3. The summed E-state index contributed by atoms with van der Waals surface area (Å²) in [5, 5.41) is 8.56. The van der Waals surface area contributed by atoms with Crippen molar-refractivity contribution >= 4 is 0 Å². The monoisotopic (exact) mass is 287 g/mol. The number of aryl methyl sites for hydroxylation is 1. The van der Waals surface area contributed by atoms with Gasteiger partial charge in [-0.2, -0.15) is 10.1 Å². The molecule has 1 aliphatic heterocycles. The first kappa shape index (κ1) is 13.0. The summed E-state index contributed by atoms with van der Waals surface area (Å²) >= 11 is 0. The van der Waals surface area contributed by atoms with Gasteiger partial charge in [-0.25, -0.2) is 0 Å². The quantitative estimate of drug-likeness (QED) is 0.863. The molecule has 2 aliphatic rings. The number of nitrogens with zero attached hydrogens (tertiary/aromatic N) is 5. The summed E-state index contributed by atoms with van der Waals surface area (Å²) in [6.07, 6.45) is 8.87. The SMILES string of the molecule is Cc1cnn(C2CCN(Cc3noc(C4CCC4)n3)C2)c1. The maximum Gasteiger partial charge on any atom is 0.229 e. The molecule has 21 heavy (non-hydrogen) atoms. The van der Waals surface area contributed by atoms with Crippen molar-refractivity contribution in [2.75, 3.05) is 13.1 Å². The normalized spacial score (nSPS) is 23.6. The second-order valence-electron chi connectivity index (χ2n) is 6.35. The van der Waals surface area contributed by atoms with E-state index in [0.717, 1.165) is 37.8 Å². The zero-order chi connectivity index (χ0) is 14.2. The average Bonchev–Trinajstić information content (AvgIpc) is 3.09. The third-order valence-electron chi connectivity index (χ3n) is 4.66. The van der Waals surface area contributed by atoms with Gasteiger partial charge < -0.3 is 4.52 Å². The molecule has 4 rings (SSSR count). The summed E-state index contributed by atoms with van der Waals surface area (Å²) in [7, 11) is 0. The van der Waals surface area contributed by atoms with Crippen LogP contribution in [0.15, 0.2) is 16.9 Å². The number of likely N-dealkylation sites (tertiary alicyclic amines) is 1. The van der Waals surface area contributed by atoms with Crippen LogP contribution in [0.2, 0.25) is 0 Å². The van der Waals surface area contributed by atoms with Gasteiger partial charge in [-0.3, -0.25) is 9.58 Å². The lowest BCUT2D eigenvalue weighted by molar-refractivity contribution is 0.280. The van der Waals surface area contributed by atoms with E-state index in [2.05, 4.69) is 37.9 Å². The van der Waals surface area contributed by atoms with Crippen molar-refractivity contribution in [1.82, 2.24) is 24.8 Å². The van der Waals surface area contributed by atoms with Crippen LogP contribution in [0.4, 0.5) is 0 Å². The molecule has 0 radical (unpaired) electrons. The van der Waals surface area contributed by atoms with Gasteiger partial charge in [0.2, 0.25) is 5.89 Å². The van der Waals surface area contributed by atoms with Gasteiger partial charge in [0.15, 0.2) is 5.82 Å². The predicted molar refractivity (Wildman–Crippen MR) is 76.8 cm³/mol. The molecule has 1 saturated heterocycles. The minimum absolute atomic E-state index is 0.469. The highest BCUT2D eigenvalue weighted by atomic mass is 16.5. The van der Waals surface area contributed by atoms with E-state index in [-0.39, 0.29) is 0 Å². The number of hydrogen-bond acceptors (Lipinski definition) is 5. The standard InChI is InChI=1S/C15H21N5O/c1-11-7-16-20(8-11)13-5-6-19(9-13)10-14-17-15(21-18-14)12-3-2-4-12/h7-8,12-13H,2-6,9-10H2,1H3. The van der Waals surface area contributed by atoms with Crippen molar-refractivity contribution in [2.45, 2.75) is 51.1 Å². The second kappa shape index (κ2) is 5.26. The number of aromatic nitrogens is 4.